The first-order valence-electron chi connectivity index (χ1n) is 8.93. The van der Waals surface area contributed by atoms with E-state index in [4.69, 9.17) is 17.0 Å². The van der Waals surface area contributed by atoms with Gasteiger partial charge in [0.25, 0.3) is 5.91 Å². The zero-order chi connectivity index (χ0) is 21.1. The molecule has 1 amide bonds. The Labute approximate surface area is 197 Å². The van der Waals surface area contributed by atoms with E-state index in [1.807, 2.05) is 48.5 Å². The van der Waals surface area contributed by atoms with Crippen LogP contribution in [0.25, 0.3) is 6.08 Å². The van der Waals surface area contributed by atoms with E-state index in [0.29, 0.717) is 20.5 Å². The molecule has 0 aromatic heterocycles. The molecule has 4 nitrogen and oxygen atoms in total. The maximum Gasteiger partial charge on any atom is 0.344 e. The van der Waals surface area contributed by atoms with Gasteiger partial charge in [-0.25, -0.2) is 4.79 Å². The number of hydrogen-bond donors (Lipinski definition) is 0. The highest BCUT2D eigenvalue weighted by Gasteiger charge is 2.33. The van der Waals surface area contributed by atoms with E-state index in [1.54, 1.807) is 36.4 Å². The predicted molar refractivity (Wildman–Crippen MR) is 133 cm³/mol. The minimum Gasteiger partial charge on any atom is -0.423 e. The van der Waals surface area contributed by atoms with Crippen LogP contribution in [0.5, 0.6) is 5.75 Å². The Hall–Kier alpha value is -2.49. The van der Waals surface area contributed by atoms with E-state index in [9.17, 15) is 9.59 Å². The van der Waals surface area contributed by atoms with E-state index in [0.717, 1.165) is 14.8 Å². The lowest BCUT2D eigenvalue weighted by atomic mass is 10.2. The third-order valence-corrected chi connectivity index (χ3v) is 6.51. The summed E-state index contributed by atoms with van der Waals surface area (Å²) >= 11 is 8.75. The molecule has 4 rings (SSSR count). The minimum atomic E-state index is -0.424. The van der Waals surface area contributed by atoms with E-state index in [2.05, 4.69) is 22.6 Å². The summed E-state index contributed by atoms with van der Waals surface area (Å²) in [6.07, 6.45) is 1.76. The highest BCUT2D eigenvalue weighted by atomic mass is 127. The predicted octanol–water partition coefficient (Wildman–Crippen LogP) is 5.92. The molecule has 1 aliphatic heterocycles. The summed E-state index contributed by atoms with van der Waals surface area (Å²) in [4.78, 5) is 27.4. The molecule has 30 heavy (non-hydrogen) atoms. The Morgan fingerprint density at radius 1 is 1.00 bits per heavy atom. The zero-order valence-corrected chi connectivity index (χ0v) is 19.2. The molecule has 0 radical (unpaired) electrons. The normalized spacial score (nSPS) is 15.0. The Kier molecular flexibility index (Phi) is 6.31. The van der Waals surface area contributed by atoms with Crippen LogP contribution in [0.1, 0.15) is 15.9 Å². The molecule has 1 saturated heterocycles. The summed E-state index contributed by atoms with van der Waals surface area (Å²) in [6, 6.07) is 23.6. The average Bonchev–Trinajstić information content (AvgIpc) is 3.02. The van der Waals surface area contributed by atoms with Crippen molar-refractivity contribution in [3.63, 3.8) is 0 Å². The largest absolute Gasteiger partial charge is 0.423 e. The molecular formula is C23H14INO3S2. The number of rotatable bonds is 4. The van der Waals surface area contributed by atoms with Crippen molar-refractivity contribution in [2.45, 2.75) is 0 Å². The van der Waals surface area contributed by atoms with Crippen LogP contribution in [0.15, 0.2) is 83.8 Å². The first kappa shape index (κ1) is 20.8. The molecule has 1 aliphatic rings. The van der Waals surface area contributed by atoms with E-state index >= 15 is 0 Å². The van der Waals surface area contributed by atoms with Crippen molar-refractivity contribution in [3.05, 3.63) is 98.5 Å². The third kappa shape index (κ3) is 4.48. The van der Waals surface area contributed by atoms with Crippen LogP contribution in [0.2, 0.25) is 0 Å². The van der Waals surface area contributed by atoms with Gasteiger partial charge in [-0.3, -0.25) is 9.69 Å². The number of carbonyl (C=O) groups excluding carboxylic acids is 2. The molecule has 3 aromatic carbocycles. The first-order chi connectivity index (χ1) is 14.5. The number of thioether (sulfide) groups is 1. The van der Waals surface area contributed by atoms with Crippen LogP contribution in [0, 0.1) is 3.57 Å². The summed E-state index contributed by atoms with van der Waals surface area (Å²) in [5.41, 5.74) is 1.99. The Bertz CT molecular complexity index is 1180. The molecule has 7 heteroatoms. The summed E-state index contributed by atoms with van der Waals surface area (Å²) < 4.78 is 6.83. The average molecular weight is 543 g/mol. The second-order valence-corrected chi connectivity index (χ2v) is 9.13. The quantitative estimate of drug-likeness (QED) is 0.135. The fourth-order valence-corrected chi connectivity index (χ4v) is 4.78. The maximum atomic E-state index is 12.9. The number of anilines is 1. The van der Waals surface area contributed by atoms with Crippen molar-refractivity contribution < 1.29 is 14.3 Å². The van der Waals surface area contributed by atoms with Gasteiger partial charge in [-0.15, -0.1) is 0 Å². The van der Waals surface area contributed by atoms with Gasteiger partial charge in [0.2, 0.25) is 0 Å². The fourth-order valence-electron chi connectivity index (χ4n) is 2.88. The molecule has 1 heterocycles. The number of halogens is 1. The smallest absolute Gasteiger partial charge is 0.344 e. The minimum absolute atomic E-state index is 0.169. The summed E-state index contributed by atoms with van der Waals surface area (Å²) in [7, 11) is 0. The van der Waals surface area contributed by atoms with Gasteiger partial charge in [0.15, 0.2) is 4.32 Å². The van der Waals surface area contributed by atoms with Crippen molar-refractivity contribution in [1.29, 1.82) is 0 Å². The van der Waals surface area contributed by atoms with Crippen LogP contribution in [-0.4, -0.2) is 16.2 Å². The Morgan fingerprint density at radius 2 is 1.73 bits per heavy atom. The number of amides is 1. The van der Waals surface area contributed by atoms with Crippen molar-refractivity contribution in [2.24, 2.45) is 0 Å². The van der Waals surface area contributed by atoms with Crippen LogP contribution >= 0.6 is 46.6 Å². The highest BCUT2D eigenvalue weighted by Crippen LogP contribution is 2.36. The SMILES string of the molecule is O=C(Oc1cccc(/C=C2\SC(=S)N(c3ccccc3)C2=O)c1)c1ccccc1I. The van der Waals surface area contributed by atoms with Gasteiger partial charge in [-0.1, -0.05) is 66.4 Å². The number of benzene rings is 3. The lowest BCUT2D eigenvalue weighted by molar-refractivity contribution is -0.113. The highest BCUT2D eigenvalue weighted by molar-refractivity contribution is 14.1. The number of ether oxygens (including phenoxy) is 1. The van der Waals surface area contributed by atoms with E-state index < -0.39 is 5.97 Å². The molecular weight excluding hydrogens is 529 g/mol. The van der Waals surface area contributed by atoms with Gasteiger partial charge in [-0.05, 0) is 70.6 Å². The number of para-hydroxylation sites is 1. The topological polar surface area (TPSA) is 46.6 Å². The second-order valence-electron chi connectivity index (χ2n) is 6.29. The van der Waals surface area contributed by atoms with E-state index in [1.165, 1.54) is 16.7 Å². The molecule has 0 aliphatic carbocycles. The fraction of sp³-hybridized carbons (Fsp3) is 0. The number of carbonyl (C=O) groups is 2. The molecule has 0 saturated carbocycles. The van der Waals surface area contributed by atoms with Gasteiger partial charge in [0, 0.05) is 3.57 Å². The van der Waals surface area contributed by atoms with Gasteiger partial charge in [-0.2, -0.15) is 0 Å². The summed E-state index contributed by atoms with van der Waals surface area (Å²) in [5, 5.41) is 0. The Balaban J connectivity index is 1.55. The van der Waals surface area contributed by atoms with Crippen LogP contribution in [0.3, 0.4) is 0 Å². The third-order valence-electron chi connectivity index (χ3n) is 4.27. The van der Waals surface area contributed by atoms with Gasteiger partial charge >= 0.3 is 5.97 Å². The first-order valence-corrected chi connectivity index (χ1v) is 11.2. The molecule has 0 spiro atoms. The molecule has 0 unspecified atom stereocenters. The van der Waals surface area contributed by atoms with Gasteiger partial charge in [0.1, 0.15) is 5.75 Å². The monoisotopic (exact) mass is 543 g/mol. The van der Waals surface area contributed by atoms with Gasteiger partial charge < -0.3 is 4.74 Å². The van der Waals surface area contributed by atoms with Crippen LogP contribution in [0.4, 0.5) is 5.69 Å². The van der Waals surface area contributed by atoms with Crippen LogP contribution < -0.4 is 9.64 Å². The van der Waals surface area contributed by atoms with Crippen LogP contribution in [-0.2, 0) is 4.79 Å². The Morgan fingerprint density at radius 3 is 2.50 bits per heavy atom. The summed E-state index contributed by atoms with van der Waals surface area (Å²) in [5.74, 6) is -0.183. The zero-order valence-electron chi connectivity index (χ0n) is 15.4. The summed E-state index contributed by atoms with van der Waals surface area (Å²) in [6.45, 7) is 0. The number of esters is 1. The molecule has 148 valence electrons. The van der Waals surface area contributed by atoms with Crippen molar-refractivity contribution in [1.82, 2.24) is 0 Å². The standard InChI is InChI=1S/C23H14INO3S2/c24-19-12-5-4-11-18(19)22(27)28-17-10-6-7-15(13-17)14-20-21(26)25(23(29)30-20)16-8-2-1-3-9-16/h1-14H/b20-14-. The van der Waals surface area contributed by atoms with E-state index in [-0.39, 0.29) is 5.91 Å². The molecule has 1 fully saturated rings. The molecule has 0 bridgehead atoms. The van der Waals surface area contributed by atoms with Crippen molar-refractivity contribution >= 4 is 74.5 Å². The second kappa shape index (κ2) is 9.11. The van der Waals surface area contributed by atoms with Crippen molar-refractivity contribution in [2.75, 3.05) is 4.90 Å². The van der Waals surface area contributed by atoms with Gasteiger partial charge in [0.05, 0.1) is 16.2 Å². The molecule has 3 aromatic rings. The maximum absolute atomic E-state index is 12.9. The number of hydrogen-bond acceptors (Lipinski definition) is 5. The number of nitrogens with zero attached hydrogens (tertiary/aromatic N) is 1. The van der Waals surface area contributed by atoms with Crippen molar-refractivity contribution in [3.8, 4) is 5.75 Å². The molecule has 0 atom stereocenters. The lowest BCUT2D eigenvalue weighted by Gasteiger charge is -2.13. The molecule has 0 N–H and O–H groups in total. The lowest BCUT2D eigenvalue weighted by Crippen LogP contribution is -2.27. The number of thiocarbonyl (C=S) groups is 1.